The molecule has 0 bridgehead atoms. The Bertz CT molecular complexity index is 796. The molecule has 1 amide bonds. The van der Waals surface area contributed by atoms with E-state index < -0.39 is 0 Å². The maximum absolute atomic E-state index is 12.6. The van der Waals surface area contributed by atoms with Crippen molar-refractivity contribution in [2.45, 2.75) is 13.0 Å². The Morgan fingerprint density at radius 2 is 2.08 bits per heavy atom. The van der Waals surface area contributed by atoms with Crippen molar-refractivity contribution >= 4 is 33.3 Å². The zero-order valence-corrected chi connectivity index (χ0v) is 14.2. The summed E-state index contributed by atoms with van der Waals surface area (Å²) in [5, 5.41) is 8.58. The van der Waals surface area contributed by atoms with E-state index >= 15 is 0 Å². The SMILES string of the molecule is O=C(Cn1cc2ccccc2n1)N1CCCN(c2nccs2)CC1. The van der Waals surface area contributed by atoms with Gasteiger partial charge in [-0.1, -0.05) is 18.2 Å². The third kappa shape index (κ3) is 3.12. The molecule has 4 rings (SSSR count). The number of anilines is 1. The van der Waals surface area contributed by atoms with Gasteiger partial charge in [-0.3, -0.25) is 9.48 Å². The lowest BCUT2D eigenvalue weighted by atomic mass is 10.3. The number of hydrogen-bond donors (Lipinski definition) is 0. The van der Waals surface area contributed by atoms with E-state index in [1.54, 1.807) is 16.0 Å². The lowest BCUT2D eigenvalue weighted by Crippen LogP contribution is -2.37. The van der Waals surface area contributed by atoms with Gasteiger partial charge in [0, 0.05) is 49.3 Å². The molecule has 1 fully saturated rings. The van der Waals surface area contributed by atoms with Gasteiger partial charge in [0.1, 0.15) is 6.54 Å². The van der Waals surface area contributed by atoms with Gasteiger partial charge in [0.15, 0.2) is 5.13 Å². The number of nitrogens with zero attached hydrogens (tertiary/aromatic N) is 5. The summed E-state index contributed by atoms with van der Waals surface area (Å²) in [5.41, 5.74) is 0.927. The van der Waals surface area contributed by atoms with Crippen LogP contribution in [-0.4, -0.2) is 51.8 Å². The second-order valence-corrected chi connectivity index (χ2v) is 6.79. The monoisotopic (exact) mass is 341 g/mol. The second-order valence-electron chi connectivity index (χ2n) is 5.92. The quantitative estimate of drug-likeness (QED) is 0.733. The van der Waals surface area contributed by atoms with Crippen LogP contribution in [0.15, 0.2) is 42.0 Å². The molecule has 3 aromatic rings. The predicted molar refractivity (Wildman–Crippen MR) is 95.3 cm³/mol. The van der Waals surface area contributed by atoms with E-state index in [-0.39, 0.29) is 5.91 Å². The number of thiazole rings is 1. The molecule has 0 atom stereocenters. The van der Waals surface area contributed by atoms with Crippen molar-refractivity contribution in [3.63, 3.8) is 0 Å². The highest BCUT2D eigenvalue weighted by Crippen LogP contribution is 2.19. The fraction of sp³-hybridized carbons (Fsp3) is 0.353. The van der Waals surface area contributed by atoms with E-state index in [0.717, 1.165) is 48.6 Å². The molecule has 0 saturated carbocycles. The summed E-state index contributed by atoms with van der Waals surface area (Å²) >= 11 is 1.65. The summed E-state index contributed by atoms with van der Waals surface area (Å²) in [7, 11) is 0. The van der Waals surface area contributed by atoms with Crippen LogP contribution in [0, 0.1) is 0 Å². The lowest BCUT2D eigenvalue weighted by molar-refractivity contribution is -0.131. The van der Waals surface area contributed by atoms with Gasteiger partial charge in [0.2, 0.25) is 5.91 Å². The molecule has 1 aliphatic rings. The Morgan fingerprint density at radius 3 is 2.92 bits per heavy atom. The molecule has 7 heteroatoms. The first-order chi connectivity index (χ1) is 11.8. The minimum absolute atomic E-state index is 0.129. The minimum atomic E-state index is 0.129. The number of benzene rings is 1. The fourth-order valence-electron chi connectivity index (χ4n) is 3.07. The lowest BCUT2D eigenvalue weighted by Gasteiger charge is -2.21. The smallest absolute Gasteiger partial charge is 0.244 e. The third-order valence-corrected chi connectivity index (χ3v) is 5.13. The van der Waals surface area contributed by atoms with Crippen LogP contribution in [0.1, 0.15) is 6.42 Å². The van der Waals surface area contributed by atoms with E-state index in [2.05, 4.69) is 15.0 Å². The number of carbonyl (C=O) groups is 1. The number of carbonyl (C=O) groups excluding carboxylic acids is 1. The Kier molecular flexibility index (Phi) is 4.17. The molecule has 3 heterocycles. The molecule has 24 heavy (non-hydrogen) atoms. The number of rotatable bonds is 3. The van der Waals surface area contributed by atoms with Crippen LogP contribution in [0.3, 0.4) is 0 Å². The van der Waals surface area contributed by atoms with Gasteiger partial charge in [-0.25, -0.2) is 4.98 Å². The van der Waals surface area contributed by atoms with Crippen LogP contribution in [-0.2, 0) is 11.3 Å². The van der Waals surface area contributed by atoms with Gasteiger partial charge in [-0.15, -0.1) is 11.3 Å². The average Bonchev–Trinajstić information content (AvgIpc) is 3.19. The third-order valence-electron chi connectivity index (χ3n) is 4.30. The van der Waals surface area contributed by atoms with Crippen molar-refractivity contribution < 1.29 is 4.79 Å². The molecule has 1 aliphatic heterocycles. The molecule has 2 aromatic heterocycles. The van der Waals surface area contributed by atoms with Crippen molar-refractivity contribution in [2.75, 3.05) is 31.1 Å². The maximum atomic E-state index is 12.6. The molecule has 0 aliphatic carbocycles. The van der Waals surface area contributed by atoms with Crippen LogP contribution >= 0.6 is 11.3 Å². The van der Waals surface area contributed by atoms with E-state index in [1.165, 1.54) is 0 Å². The highest BCUT2D eigenvalue weighted by molar-refractivity contribution is 7.13. The van der Waals surface area contributed by atoms with Crippen molar-refractivity contribution in [3.8, 4) is 0 Å². The van der Waals surface area contributed by atoms with Gasteiger partial charge in [-0.05, 0) is 12.5 Å². The molecular formula is C17H19N5OS. The second kappa shape index (κ2) is 6.60. The van der Waals surface area contributed by atoms with Crippen LogP contribution in [0.2, 0.25) is 0 Å². The summed E-state index contributed by atoms with van der Waals surface area (Å²) in [6.07, 6.45) is 4.73. The van der Waals surface area contributed by atoms with Gasteiger partial charge in [0.05, 0.1) is 5.52 Å². The van der Waals surface area contributed by atoms with Gasteiger partial charge in [0.25, 0.3) is 0 Å². The zero-order chi connectivity index (χ0) is 16.4. The highest BCUT2D eigenvalue weighted by Gasteiger charge is 2.20. The maximum Gasteiger partial charge on any atom is 0.244 e. The molecule has 0 spiro atoms. The van der Waals surface area contributed by atoms with Crippen LogP contribution in [0.5, 0.6) is 0 Å². The Hall–Kier alpha value is -2.41. The van der Waals surface area contributed by atoms with Crippen LogP contribution in [0.25, 0.3) is 10.9 Å². The van der Waals surface area contributed by atoms with E-state index in [4.69, 9.17) is 0 Å². The van der Waals surface area contributed by atoms with Gasteiger partial charge in [-0.2, -0.15) is 5.10 Å². The highest BCUT2D eigenvalue weighted by atomic mass is 32.1. The molecule has 1 aromatic carbocycles. The Balaban J connectivity index is 1.41. The predicted octanol–water partition coefficient (Wildman–Crippen LogP) is 2.23. The normalized spacial score (nSPS) is 15.7. The first-order valence-corrected chi connectivity index (χ1v) is 9.02. The van der Waals surface area contributed by atoms with Gasteiger partial charge >= 0.3 is 0 Å². The summed E-state index contributed by atoms with van der Waals surface area (Å²) in [4.78, 5) is 21.2. The number of amides is 1. The molecule has 0 radical (unpaired) electrons. The molecule has 124 valence electrons. The first kappa shape index (κ1) is 15.1. The van der Waals surface area contributed by atoms with Gasteiger partial charge < -0.3 is 9.80 Å². The topological polar surface area (TPSA) is 54.3 Å². The first-order valence-electron chi connectivity index (χ1n) is 8.14. The van der Waals surface area contributed by atoms with Crippen molar-refractivity contribution in [1.82, 2.24) is 19.7 Å². The van der Waals surface area contributed by atoms with Crippen molar-refractivity contribution in [2.24, 2.45) is 0 Å². The van der Waals surface area contributed by atoms with Crippen LogP contribution < -0.4 is 4.90 Å². The standard InChI is InChI=1S/C17H19N5OS/c23-16(13-22-12-14-4-1-2-5-15(14)19-22)20-7-3-8-21(10-9-20)17-18-6-11-24-17/h1-2,4-6,11-12H,3,7-10,13H2. The van der Waals surface area contributed by atoms with Crippen molar-refractivity contribution in [3.05, 3.63) is 42.0 Å². The number of fused-ring (bicyclic) bond motifs is 1. The van der Waals surface area contributed by atoms with Crippen molar-refractivity contribution in [1.29, 1.82) is 0 Å². The Morgan fingerprint density at radius 1 is 1.17 bits per heavy atom. The minimum Gasteiger partial charge on any atom is -0.346 e. The van der Waals surface area contributed by atoms with Crippen LogP contribution in [0.4, 0.5) is 5.13 Å². The van der Waals surface area contributed by atoms with E-state index in [9.17, 15) is 4.79 Å². The summed E-state index contributed by atoms with van der Waals surface area (Å²) in [6.45, 7) is 3.61. The fourth-order valence-corrected chi connectivity index (χ4v) is 3.76. The molecule has 1 saturated heterocycles. The zero-order valence-electron chi connectivity index (χ0n) is 13.3. The molecule has 0 unspecified atom stereocenters. The molecule has 0 N–H and O–H groups in total. The summed E-state index contributed by atoms with van der Waals surface area (Å²) < 4.78 is 1.75. The number of aromatic nitrogens is 3. The Labute approximate surface area is 144 Å². The summed E-state index contributed by atoms with van der Waals surface area (Å²) in [6, 6.07) is 7.93. The molecule has 6 nitrogen and oxygen atoms in total. The average molecular weight is 341 g/mol. The number of hydrogen-bond acceptors (Lipinski definition) is 5. The van der Waals surface area contributed by atoms with E-state index in [1.807, 2.05) is 46.9 Å². The van der Waals surface area contributed by atoms with E-state index in [0.29, 0.717) is 6.54 Å². The summed E-state index contributed by atoms with van der Waals surface area (Å²) in [5.74, 6) is 0.129. The molecular weight excluding hydrogens is 322 g/mol. The largest absolute Gasteiger partial charge is 0.346 e.